The number of carbonyl (C=O) groups is 2. The van der Waals surface area contributed by atoms with Crippen LogP contribution in [-0.2, 0) is 4.79 Å². The number of aliphatic imine (C=N–C) groups is 1. The first kappa shape index (κ1) is 11.8. The molecule has 1 saturated heterocycles. The van der Waals surface area contributed by atoms with Crippen molar-refractivity contribution in [2.24, 2.45) is 4.99 Å². The van der Waals surface area contributed by atoms with Crippen molar-refractivity contribution in [3.8, 4) is 0 Å². The Balaban J connectivity index is 1.69. The fourth-order valence-electron chi connectivity index (χ4n) is 1.46. The fourth-order valence-corrected chi connectivity index (χ4v) is 3.05. The van der Waals surface area contributed by atoms with Crippen LogP contribution in [-0.4, -0.2) is 52.4 Å². The molecule has 0 bridgehead atoms. The molecule has 0 aliphatic carbocycles. The minimum absolute atomic E-state index is 0.0575. The van der Waals surface area contributed by atoms with Gasteiger partial charge >= 0.3 is 0 Å². The number of amides is 2. The highest BCUT2D eigenvalue weighted by Gasteiger charge is 2.21. The lowest BCUT2D eigenvalue weighted by Gasteiger charge is -2.13. The molecular formula is C9H13N3O2S2. The van der Waals surface area contributed by atoms with E-state index in [9.17, 15) is 9.59 Å². The van der Waals surface area contributed by atoms with Crippen LogP contribution in [0.3, 0.4) is 0 Å². The van der Waals surface area contributed by atoms with Crippen LogP contribution in [0.2, 0.25) is 0 Å². The molecule has 0 aromatic carbocycles. The van der Waals surface area contributed by atoms with E-state index in [1.165, 1.54) is 11.8 Å². The summed E-state index contributed by atoms with van der Waals surface area (Å²) in [5.74, 6) is 1.72. The lowest BCUT2D eigenvalue weighted by molar-refractivity contribution is -0.119. The Kier molecular flexibility index (Phi) is 4.11. The molecule has 16 heavy (non-hydrogen) atoms. The van der Waals surface area contributed by atoms with Gasteiger partial charge in [0.05, 0.1) is 6.54 Å². The second-order valence-electron chi connectivity index (χ2n) is 3.43. The first-order chi connectivity index (χ1) is 7.75. The van der Waals surface area contributed by atoms with Crippen LogP contribution in [0.1, 0.15) is 6.42 Å². The van der Waals surface area contributed by atoms with Crippen molar-refractivity contribution in [3.63, 3.8) is 0 Å². The highest BCUT2D eigenvalue weighted by Crippen LogP contribution is 2.17. The van der Waals surface area contributed by atoms with Gasteiger partial charge in [0, 0.05) is 31.0 Å². The van der Waals surface area contributed by atoms with Crippen LogP contribution in [0.15, 0.2) is 4.99 Å². The van der Waals surface area contributed by atoms with E-state index >= 15 is 0 Å². The summed E-state index contributed by atoms with van der Waals surface area (Å²) in [7, 11) is 0. The van der Waals surface area contributed by atoms with Crippen molar-refractivity contribution in [2.45, 2.75) is 6.42 Å². The quantitative estimate of drug-likeness (QED) is 0.813. The second-order valence-corrected chi connectivity index (χ2v) is 5.56. The molecule has 7 heteroatoms. The summed E-state index contributed by atoms with van der Waals surface area (Å²) in [5, 5.41) is 3.55. The molecule has 0 saturated carbocycles. The standard InChI is InChI=1S/C9H13N3O2S2/c13-7(11-8-10-2-5-15-8)1-3-12-4-6-16-9(12)14/h1-6H2,(H,10,11,13). The number of hydrogen-bond donors (Lipinski definition) is 1. The number of nitrogens with one attached hydrogen (secondary N) is 1. The van der Waals surface area contributed by atoms with Gasteiger partial charge in [0.1, 0.15) is 0 Å². The molecule has 0 atom stereocenters. The van der Waals surface area contributed by atoms with Gasteiger partial charge < -0.3 is 10.2 Å². The Hall–Kier alpha value is -0.690. The summed E-state index contributed by atoms with van der Waals surface area (Å²) in [6.45, 7) is 2.05. The molecular weight excluding hydrogens is 246 g/mol. The maximum Gasteiger partial charge on any atom is 0.281 e. The SMILES string of the molecule is O=C(CCN1CCSC1=O)NC1=NCCS1. The topological polar surface area (TPSA) is 61.8 Å². The van der Waals surface area contributed by atoms with E-state index in [1.54, 1.807) is 16.7 Å². The summed E-state index contributed by atoms with van der Waals surface area (Å²) in [4.78, 5) is 28.6. The molecule has 88 valence electrons. The van der Waals surface area contributed by atoms with Crippen LogP contribution in [0.25, 0.3) is 0 Å². The zero-order valence-electron chi connectivity index (χ0n) is 8.77. The summed E-state index contributed by atoms with van der Waals surface area (Å²) < 4.78 is 0. The third kappa shape index (κ3) is 3.15. The van der Waals surface area contributed by atoms with Gasteiger partial charge in [0.25, 0.3) is 5.24 Å². The van der Waals surface area contributed by atoms with E-state index in [1.807, 2.05) is 0 Å². The zero-order chi connectivity index (χ0) is 11.4. The molecule has 2 aliphatic rings. The van der Waals surface area contributed by atoms with E-state index in [2.05, 4.69) is 10.3 Å². The van der Waals surface area contributed by atoms with E-state index < -0.39 is 0 Å². The maximum absolute atomic E-state index is 11.5. The second kappa shape index (κ2) is 5.58. The fraction of sp³-hybridized carbons (Fsp3) is 0.667. The van der Waals surface area contributed by atoms with Crippen molar-refractivity contribution in [1.82, 2.24) is 10.2 Å². The summed E-state index contributed by atoms with van der Waals surface area (Å²) in [6.07, 6.45) is 0.353. The van der Waals surface area contributed by atoms with Crippen molar-refractivity contribution < 1.29 is 9.59 Å². The third-order valence-electron chi connectivity index (χ3n) is 2.29. The predicted octanol–water partition coefficient (Wildman–Crippen LogP) is 0.764. The minimum Gasteiger partial charge on any atom is -0.332 e. The molecule has 2 amide bonds. The number of carbonyl (C=O) groups excluding carboxylic acids is 2. The average Bonchev–Trinajstić information content (AvgIpc) is 2.87. The van der Waals surface area contributed by atoms with Gasteiger partial charge in [0.15, 0.2) is 5.17 Å². The van der Waals surface area contributed by atoms with Gasteiger partial charge in [-0.1, -0.05) is 23.5 Å². The number of nitrogens with zero attached hydrogens (tertiary/aromatic N) is 2. The Bertz CT molecular complexity index is 333. The Morgan fingerprint density at radius 2 is 2.31 bits per heavy atom. The molecule has 0 unspecified atom stereocenters. The summed E-state index contributed by atoms with van der Waals surface area (Å²) in [5.41, 5.74) is 0. The van der Waals surface area contributed by atoms with Gasteiger partial charge in [0.2, 0.25) is 5.91 Å². The van der Waals surface area contributed by atoms with Gasteiger partial charge in [-0.05, 0) is 0 Å². The zero-order valence-corrected chi connectivity index (χ0v) is 10.4. The maximum atomic E-state index is 11.5. The molecule has 0 aromatic heterocycles. The number of rotatable bonds is 3. The molecule has 0 radical (unpaired) electrons. The van der Waals surface area contributed by atoms with Crippen LogP contribution in [0.5, 0.6) is 0 Å². The Labute approximate surface area is 102 Å². The molecule has 2 rings (SSSR count). The summed E-state index contributed by atoms with van der Waals surface area (Å²) in [6, 6.07) is 0. The smallest absolute Gasteiger partial charge is 0.281 e. The van der Waals surface area contributed by atoms with Crippen molar-refractivity contribution in [3.05, 3.63) is 0 Å². The Morgan fingerprint density at radius 1 is 1.44 bits per heavy atom. The molecule has 1 N–H and O–H groups in total. The molecule has 5 nitrogen and oxygen atoms in total. The normalized spacial score (nSPS) is 20.1. The van der Waals surface area contributed by atoms with Crippen LogP contribution in [0.4, 0.5) is 4.79 Å². The predicted molar refractivity (Wildman–Crippen MR) is 66.9 cm³/mol. The van der Waals surface area contributed by atoms with Gasteiger partial charge in [-0.3, -0.25) is 14.6 Å². The van der Waals surface area contributed by atoms with Crippen molar-refractivity contribution in [1.29, 1.82) is 0 Å². The lowest BCUT2D eigenvalue weighted by Crippen LogP contribution is -2.32. The minimum atomic E-state index is -0.0575. The van der Waals surface area contributed by atoms with Crippen molar-refractivity contribution in [2.75, 3.05) is 31.1 Å². The van der Waals surface area contributed by atoms with E-state index in [0.29, 0.717) is 18.1 Å². The molecule has 2 heterocycles. The monoisotopic (exact) mass is 259 g/mol. The van der Waals surface area contributed by atoms with E-state index in [0.717, 1.165) is 24.6 Å². The van der Waals surface area contributed by atoms with Gasteiger partial charge in [-0.25, -0.2) is 0 Å². The number of amidine groups is 1. The molecule has 1 fully saturated rings. The number of thioether (sulfide) groups is 2. The van der Waals surface area contributed by atoms with Crippen LogP contribution < -0.4 is 5.32 Å². The van der Waals surface area contributed by atoms with E-state index in [-0.39, 0.29) is 11.1 Å². The average molecular weight is 259 g/mol. The highest BCUT2D eigenvalue weighted by atomic mass is 32.2. The summed E-state index contributed by atoms with van der Waals surface area (Å²) >= 11 is 2.88. The van der Waals surface area contributed by atoms with Gasteiger partial charge in [-0.2, -0.15) is 0 Å². The molecule has 2 aliphatic heterocycles. The highest BCUT2D eigenvalue weighted by molar-refractivity contribution is 8.14. The van der Waals surface area contributed by atoms with Crippen LogP contribution in [0, 0.1) is 0 Å². The third-order valence-corrected chi connectivity index (χ3v) is 4.07. The van der Waals surface area contributed by atoms with Gasteiger partial charge in [-0.15, -0.1) is 0 Å². The molecule has 0 aromatic rings. The van der Waals surface area contributed by atoms with E-state index in [4.69, 9.17) is 0 Å². The molecule has 0 spiro atoms. The van der Waals surface area contributed by atoms with Crippen molar-refractivity contribution >= 4 is 39.8 Å². The first-order valence-corrected chi connectivity index (χ1v) is 7.11. The number of hydrogen-bond acceptors (Lipinski definition) is 5. The first-order valence-electron chi connectivity index (χ1n) is 5.14. The lowest BCUT2D eigenvalue weighted by atomic mass is 10.4. The largest absolute Gasteiger partial charge is 0.332 e. The Morgan fingerprint density at radius 3 is 2.94 bits per heavy atom. The van der Waals surface area contributed by atoms with Crippen LogP contribution >= 0.6 is 23.5 Å².